The second-order valence-corrected chi connectivity index (χ2v) is 9.11. The second-order valence-electron chi connectivity index (χ2n) is 9.11. The summed E-state index contributed by atoms with van der Waals surface area (Å²) >= 11 is 0. The number of fused-ring (bicyclic) bond motifs is 2. The lowest BCUT2D eigenvalue weighted by atomic mass is 9.45. The van der Waals surface area contributed by atoms with Crippen molar-refractivity contribution in [1.82, 2.24) is 19.8 Å². The molecule has 3 saturated carbocycles. The lowest BCUT2D eigenvalue weighted by molar-refractivity contribution is -0.136. The van der Waals surface area contributed by atoms with Gasteiger partial charge in [-0.2, -0.15) is 0 Å². The van der Waals surface area contributed by atoms with Crippen molar-refractivity contribution in [2.75, 3.05) is 26.2 Å². The largest absolute Gasteiger partial charge is 0.348 e. The highest BCUT2D eigenvalue weighted by Gasteiger charge is 2.54. The van der Waals surface area contributed by atoms with Gasteiger partial charge in [-0.1, -0.05) is 13.8 Å². The topological polar surface area (TPSA) is 52.2 Å². The standard InChI is InChI=1S/C20H32N4O/c1-14-12-23(13-15-4-5-16-10-17(15)20(16,2)3)8-9-24(14)19(25)11-18-21-6-7-22-18/h6-7,14-17H,4-5,8-13H2,1-3H3,(H,21,22)/t14-,15-,16+,17+/m0/s1. The van der Waals surface area contributed by atoms with E-state index in [0.717, 1.165) is 43.2 Å². The molecule has 0 radical (unpaired) electrons. The third kappa shape index (κ3) is 3.12. The van der Waals surface area contributed by atoms with E-state index in [1.165, 1.54) is 25.8 Å². The number of nitrogens with one attached hydrogen (secondary N) is 1. The monoisotopic (exact) mass is 344 g/mol. The average Bonchev–Trinajstić information content (AvgIpc) is 3.07. The van der Waals surface area contributed by atoms with E-state index in [4.69, 9.17) is 0 Å². The number of rotatable bonds is 4. The van der Waals surface area contributed by atoms with Crippen LogP contribution in [0.4, 0.5) is 0 Å². The van der Waals surface area contributed by atoms with Gasteiger partial charge in [-0.3, -0.25) is 9.69 Å². The first-order chi connectivity index (χ1) is 11.9. The summed E-state index contributed by atoms with van der Waals surface area (Å²) in [7, 11) is 0. The molecule has 5 heteroatoms. The van der Waals surface area contributed by atoms with Crippen molar-refractivity contribution in [3.05, 3.63) is 18.2 Å². The lowest BCUT2D eigenvalue weighted by Gasteiger charge is -2.61. The molecule has 5 rings (SSSR count). The number of nitrogens with zero attached hydrogens (tertiary/aromatic N) is 3. The molecule has 3 aliphatic carbocycles. The zero-order valence-corrected chi connectivity index (χ0v) is 15.9. The Morgan fingerprint density at radius 2 is 2.20 bits per heavy atom. The Hall–Kier alpha value is -1.36. The number of aromatic nitrogens is 2. The molecule has 4 aliphatic rings. The van der Waals surface area contributed by atoms with Crippen LogP contribution in [0.2, 0.25) is 0 Å². The molecule has 4 fully saturated rings. The predicted molar refractivity (Wildman–Crippen MR) is 98.0 cm³/mol. The molecule has 1 amide bonds. The quantitative estimate of drug-likeness (QED) is 0.913. The van der Waals surface area contributed by atoms with E-state index in [0.29, 0.717) is 17.9 Å². The fourth-order valence-electron chi connectivity index (χ4n) is 5.72. The van der Waals surface area contributed by atoms with Crippen LogP contribution in [0.25, 0.3) is 0 Å². The molecule has 2 bridgehead atoms. The van der Waals surface area contributed by atoms with Crippen molar-refractivity contribution >= 4 is 5.91 Å². The van der Waals surface area contributed by atoms with E-state index in [2.05, 4.69) is 35.6 Å². The Kier molecular flexibility index (Phi) is 4.38. The Morgan fingerprint density at radius 1 is 1.36 bits per heavy atom. The third-order valence-corrected chi connectivity index (χ3v) is 7.40. The summed E-state index contributed by atoms with van der Waals surface area (Å²) in [5.74, 6) is 3.72. The zero-order valence-electron chi connectivity index (χ0n) is 15.9. The molecule has 138 valence electrons. The summed E-state index contributed by atoms with van der Waals surface area (Å²) in [6.07, 6.45) is 8.16. The van der Waals surface area contributed by atoms with Crippen molar-refractivity contribution in [2.45, 2.75) is 52.5 Å². The number of piperazine rings is 1. The summed E-state index contributed by atoms with van der Waals surface area (Å²) < 4.78 is 0. The molecule has 0 spiro atoms. The summed E-state index contributed by atoms with van der Waals surface area (Å²) in [6.45, 7) is 11.3. The number of hydrogen-bond donors (Lipinski definition) is 1. The number of imidazole rings is 1. The van der Waals surface area contributed by atoms with E-state index >= 15 is 0 Å². The van der Waals surface area contributed by atoms with Crippen LogP contribution >= 0.6 is 0 Å². The molecule has 1 saturated heterocycles. The van der Waals surface area contributed by atoms with Crippen molar-refractivity contribution < 1.29 is 4.79 Å². The van der Waals surface area contributed by atoms with Crippen LogP contribution in [0, 0.1) is 23.2 Å². The molecule has 4 atom stereocenters. The van der Waals surface area contributed by atoms with Crippen molar-refractivity contribution in [3.8, 4) is 0 Å². The fraction of sp³-hybridized carbons (Fsp3) is 0.800. The van der Waals surface area contributed by atoms with Gasteiger partial charge in [0.25, 0.3) is 0 Å². The van der Waals surface area contributed by atoms with E-state index in [-0.39, 0.29) is 5.91 Å². The highest BCUT2D eigenvalue weighted by Crippen LogP contribution is 2.61. The van der Waals surface area contributed by atoms with E-state index in [1.54, 1.807) is 12.4 Å². The maximum Gasteiger partial charge on any atom is 0.230 e. The van der Waals surface area contributed by atoms with Gasteiger partial charge >= 0.3 is 0 Å². The van der Waals surface area contributed by atoms with E-state index in [9.17, 15) is 4.79 Å². The molecule has 2 heterocycles. The minimum absolute atomic E-state index is 0.197. The third-order valence-electron chi connectivity index (χ3n) is 7.40. The normalized spacial score (nSPS) is 34.6. The number of carbonyl (C=O) groups is 1. The molecule has 1 N–H and O–H groups in total. The van der Waals surface area contributed by atoms with Crippen molar-refractivity contribution in [3.63, 3.8) is 0 Å². The summed E-state index contributed by atoms with van der Waals surface area (Å²) in [6, 6.07) is 0.293. The number of H-pyrrole nitrogens is 1. The minimum atomic E-state index is 0.197. The first kappa shape index (κ1) is 17.1. The highest BCUT2D eigenvalue weighted by molar-refractivity contribution is 5.78. The average molecular weight is 345 g/mol. The maximum absolute atomic E-state index is 12.6. The molecule has 1 aromatic rings. The van der Waals surface area contributed by atoms with Crippen LogP contribution in [0.15, 0.2) is 12.4 Å². The van der Waals surface area contributed by atoms with Gasteiger partial charge in [0.15, 0.2) is 0 Å². The number of hydrogen-bond acceptors (Lipinski definition) is 3. The number of carbonyl (C=O) groups excluding carboxylic acids is 1. The molecule has 1 aromatic heterocycles. The molecular weight excluding hydrogens is 312 g/mol. The predicted octanol–water partition coefficient (Wildman–Crippen LogP) is 2.56. The molecule has 0 aromatic carbocycles. The zero-order chi connectivity index (χ0) is 17.6. The van der Waals surface area contributed by atoms with Crippen LogP contribution in [0.3, 0.4) is 0 Å². The van der Waals surface area contributed by atoms with Gasteiger partial charge in [0.2, 0.25) is 5.91 Å². The smallest absolute Gasteiger partial charge is 0.230 e. The fourth-order valence-corrected chi connectivity index (χ4v) is 5.72. The van der Waals surface area contributed by atoms with Gasteiger partial charge in [0.05, 0.1) is 6.42 Å². The molecule has 25 heavy (non-hydrogen) atoms. The van der Waals surface area contributed by atoms with Crippen LogP contribution in [0.1, 0.15) is 45.9 Å². The molecule has 0 unspecified atom stereocenters. The number of amides is 1. The van der Waals surface area contributed by atoms with Gasteiger partial charge in [-0.15, -0.1) is 0 Å². The Morgan fingerprint density at radius 3 is 2.84 bits per heavy atom. The Bertz CT molecular complexity index is 609. The summed E-state index contributed by atoms with van der Waals surface area (Å²) in [5, 5.41) is 0. The maximum atomic E-state index is 12.6. The van der Waals surface area contributed by atoms with Crippen LogP contribution < -0.4 is 0 Å². The van der Waals surface area contributed by atoms with Crippen molar-refractivity contribution in [2.24, 2.45) is 23.2 Å². The number of aromatic amines is 1. The molecule has 1 aliphatic heterocycles. The van der Waals surface area contributed by atoms with E-state index < -0.39 is 0 Å². The van der Waals surface area contributed by atoms with E-state index in [1.807, 2.05) is 4.90 Å². The Labute approximate surface area is 151 Å². The summed E-state index contributed by atoms with van der Waals surface area (Å²) in [5.41, 5.74) is 0.565. The van der Waals surface area contributed by atoms with Gasteiger partial charge in [-0.25, -0.2) is 4.98 Å². The first-order valence-electron chi connectivity index (χ1n) is 9.95. The van der Waals surface area contributed by atoms with Gasteiger partial charge in [0.1, 0.15) is 5.82 Å². The van der Waals surface area contributed by atoms with Gasteiger partial charge in [0, 0.05) is 44.6 Å². The Balaban J connectivity index is 1.30. The minimum Gasteiger partial charge on any atom is -0.348 e. The summed E-state index contributed by atoms with van der Waals surface area (Å²) in [4.78, 5) is 24.4. The second kappa shape index (κ2) is 6.42. The van der Waals surface area contributed by atoms with Gasteiger partial charge < -0.3 is 9.88 Å². The van der Waals surface area contributed by atoms with Crippen LogP contribution in [0.5, 0.6) is 0 Å². The molecular formula is C20H32N4O. The van der Waals surface area contributed by atoms with Crippen molar-refractivity contribution in [1.29, 1.82) is 0 Å². The van der Waals surface area contributed by atoms with Crippen LogP contribution in [-0.4, -0.2) is 57.9 Å². The lowest BCUT2D eigenvalue weighted by Crippen LogP contribution is -2.58. The van der Waals surface area contributed by atoms with Gasteiger partial charge in [-0.05, 0) is 49.4 Å². The van der Waals surface area contributed by atoms with Crippen LogP contribution in [-0.2, 0) is 11.2 Å². The first-order valence-corrected chi connectivity index (χ1v) is 9.95. The SMILES string of the molecule is C[C@H]1CN(C[C@@H]2CC[C@@H]3C[C@H]2C3(C)C)CCN1C(=O)Cc1ncc[nH]1. The highest BCUT2D eigenvalue weighted by atomic mass is 16.2. The molecule has 5 nitrogen and oxygen atoms in total.